The van der Waals surface area contributed by atoms with Gasteiger partial charge in [0.1, 0.15) is 0 Å². The molecule has 2 aromatic carbocycles. The molecule has 148 valence electrons. The van der Waals surface area contributed by atoms with E-state index in [4.69, 9.17) is 0 Å². The standard InChI is InChI=1S/C23H30N4O/c1-19-3-5-20(6-4-19)23(28)27-17-15-26(16-18-27)22-9-7-21(8-10-22)25-13-11-24(2)12-14-25/h3-10H,11-18H2,1-2H3. The summed E-state index contributed by atoms with van der Waals surface area (Å²) in [5.41, 5.74) is 4.53. The predicted molar refractivity (Wildman–Crippen MR) is 115 cm³/mol. The summed E-state index contributed by atoms with van der Waals surface area (Å²) in [5, 5.41) is 0. The molecule has 0 spiro atoms. The van der Waals surface area contributed by atoms with Crippen LogP contribution in [0, 0.1) is 6.92 Å². The van der Waals surface area contributed by atoms with Gasteiger partial charge in [0.15, 0.2) is 0 Å². The van der Waals surface area contributed by atoms with Gasteiger partial charge in [-0.3, -0.25) is 4.79 Å². The fraction of sp³-hybridized carbons (Fsp3) is 0.435. The fourth-order valence-electron chi connectivity index (χ4n) is 3.99. The van der Waals surface area contributed by atoms with Crippen LogP contribution in [0.1, 0.15) is 15.9 Å². The van der Waals surface area contributed by atoms with Crippen LogP contribution in [0.5, 0.6) is 0 Å². The predicted octanol–water partition coefficient (Wildman–Crippen LogP) is 2.71. The number of piperazine rings is 2. The van der Waals surface area contributed by atoms with Crippen LogP contribution in [0.2, 0.25) is 0 Å². The summed E-state index contributed by atoms with van der Waals surface area (Å²) >= 11 is 0. The second-order valence-corrected chi connectivity index (χ2v) is 7.95. The van der Waals surface area contributed by atoms with E-state index in [1.807, 2.05) is 36.1 Å². The molecule has 5 heteroatoms. The Bertz CT molecular complexity index is 786. The van der Waals surface area contributed by atoms with Crippen molar-refractivity contribution in [2.75, 3.05) is 69.2 Å². The van der Waals surface area contributed by atoms with Gasteiger partial charge in [-0.25, -0.2) is 0 Å². The van der Waals surface area contributed by atoms with Gasteiger partial charge in [-0.2, -0.15) is 0 Å². The smallest absolute Gasteiger partial charge is 0.253 e. The average Bonchev–Trinajstić information content (AvgIpc) is 2.75. The largest absolute Gasteiger partial charge is 0.369 e. The molecule has 0 atom stereocenters. The van der Waals surface area contributed by atoms with E-state index in [0.717, 1.165) is 57.9 Å². The number of rotatable bonds is 3. The van der Waals surface area contributed by atoms with Gasteiger partial charge in [0.05, 0.1) is 0 Å². The molecule has 0 aliphatic carbocycles. The van der Waals surface area contributed by atoms with Crippen molar-refractivity contribution in [3.8, 4) is 0 Å². The van der Waals surface area contributed by atoms with E-state index >= 15 is 0 Å². The van der Waals surface area contributed by atoms with Gasteiger partial charge in [-0.1, -0.05) is 17.7 Å². The topological polar surface area (TPSA) is 30.0 Å². The first-order valence-electron chi connectivity index (χ1n) is 10.2. The van der Waals surface area contributed by atoms with Crippen molar-refractivity contribution in [3.05, 3.63) is 59.7 Å². The van der Waals surface area contributed by atoms with E-state index in [9.17, 15) is 4.79 Å². The summed E-state index contributed by atoms with van der Waals surface area (Å²) < 4.78 is 0. The molecule has 2 saturated heterocycles. The Morgan fingerprint density at radius 3 is 1.64 bits per heavy atom. The molecule has 2 fully saturated rings. The molecule has 0 unspecified atom stereocenters. The Labute approximate surface area is 168 Å². The van der Waals surface area contributed by atoms with Crippen LogP contribution in [0.3, 0.4) is 0 Å². The van der Waals surface area contributed by atoms with Gasteiger partial charge in [-0.05, 0) is 50.4 Å². The molecular weight excluding hydrogens is 348 g/mol. The minimum absolute atomic E-state index is 0.144. The van der Waals surface area contributed by atoms with Crippen LogP contribution in [0.25, 0.3) is 0 Å². The molecule has 2 aromatic rings. The van der Waals surface area contributed by atoms with Gasteiger partial charge >= 0.3 is 0 Å². The zero-order valence-electron chi connectivity index (χ0n) is 17.0. The molecule has 0 radical (unpaired) electrons. The highest BCUT2D eigenvalue weighted by Crippen LogP contribution is 2.23. The first-order valence-corrected chi connectivity index (χ1v) is 10.2. The van der Waals surface area contributed by atoms with Crippen molar-refractivity contribution in [1.29, 1.82) is 0 Å². The summed E-state index contributed by atoms with van der Waals surface area (Å²) in [4.78, 5) is 21.9. The number of aryl methyl sites for hydroxylation is 1. The van der Waals surface area contributed by atoms with E-state index in [1.54, 1.807) is 0 Å². The maximum absolute atomic E-state index is 12.7. The lowest BCUT2D eigenvalue weighted by molar-refractivity contribution is 0.0747. The first-order chi connectivity index (χ1) is 13.6. The van der Waals surface area contributed by atoms with Crippen molar-refractivity contribution in [3.63, 3.8) is 0 Å². The van der Waals surface area contributed by atoms with E-state index in [1.165, 1.54) is 16.9 Å². The normalized spacial score (nSPS) is 18.4. The number of hydrogen-bond acceptors (Lipinski definition) is 4. The molecule has 2 aliphatic heterocycles. The Kier molecular flexibility index (Phi) is 5.53. The minimum atomic E-state index is 0.144. The quantitative estimate of drug-likeness (QED) is 0.822. The van der Waals surface area contributed by atoms with Crippen LogP contribution < -0.4 is 9.80 Å². The molecule has 0 saturated carbocycles. The molecule has 4 rings (SSSR count). The second kappa shape index (κ2) is 8.23. The van der Waals surface area contributed by atoms with Gasteiger partial charge < -0.3 is 19.6 Å². The molecule has 0 N–H and O–H groups in total. The first kappa shape index (κ1) is 18.8. The van der Waals surface area contributed by atoms with Crippen molar-refractivity contribution in [2.24, 2.45) is 0 Å². The molecule has 5 nitrogen and oxygen atoms in total. The van der Waals surface area contributed by atoms with Crippen LogP contribution in [-0.2, 0) is 0 Å². The lowest BCUT2D eigenvalue weighted by Gasteiger charge is -2.37. The Morgan fingerprint density at radius 2 is 1.14 bits per heavy atom. The third-order valence-corrected chi connectivity index (χ3v) is 5.95. The number of likely N-dealkylation sites (N-methyl/N-ethyl adjacent to an activating group) is 1. The van der Waals surface area contributed by atoms with Crippen molar-refractivity contribution < 1.29 is 4.79 Å². The molecule has 1 amide bonds. The van der Waals surface area contributed by atoms with Gasteiger partial charge in [0.2, 0.25) is 0 Å². The summed E-state index contributed by atoms with van der Waals surface area (Å²) in [5.74, 6) is 0.144. The van der Waals surface area contributed by atoms with Crippen LogP contribution in [0.15, 0.2) is 48.5 Å². The minimum Gasteiger partial charge on any atom is -0.369 e. The number of amides is 1. The number of carbonyl (C=O) groups excluding carboxylic acids is 1. The molecule has 0 bridgehead atoms. The van der Waals surface area contributed by atoms with Crippen LogP contribution >= 0.6 is 0 Å². The lowest BCUT2D eigenvalue weighted by Crippen LogP contribution is -2.48. The number of nitrogens with zero attached hydrogens (tertiary/aromatic N) is 4. The molecule has 28 heavy (non-hydrogen) atoms. The van der Waals surface area contributed by atoms with Crippen LogP contribution in [-0.4, -0.2) is 75.1 Å². The summed E-state index contributed by atoms with van der Waals surface area (Å²) in [6.45, 7) is 9.78. The lowest BCUT2D eigenvalue weighted by atomic mass is 10.1. The maximum atomic E-state index is 12.7. The molecule has 0 aromatic heterocycles. The number of hydrogen-bond donors (Lipinski definition) is 0. The zero-order chi connectivity index (χ0) is 19.5. The Morgan fingerprint density at radius 1 is 0.679 bits per heavy atom. The van der Waals surface area contributed by atoms with E-state index in [0.29, 0.717) is 0 Å². The average molecular weight is 379 g/mol. The van der Waals surface area contributed by atoms with E-state index < -0.39 is 0 Å². The highest BCUT2D eigenvalue weighted by atomic mass is 16.2. The third kappa shape index (κ3) is 4.14. The van der Waals surface area contributed by atoms with Crippen molar-refractivity contribution in [2.45, 2.75) is 6.92 Å². The molecular formula is C23H30N4O. The summed E-state index contributed by atoms with van der Waals surface area (Å²) in [6, 6.07) is 16.8. The highest BCUT2D eigenvalue weighted by molar-refractivity contribution is 5.94. The summed E-state index contributed by atoms with van der Waals surface area (Å²) in [6.07, 6.45) is 0. The second-order valence-electron chi connectivity index (χ2n) is 7.95. The molecule has 2 heterocycles. The van der Waals surface area contributed by atoms with Gasteiger partial charge in [-0.15, -0.1) is 0 Å². The van der Waals surface area contributed by atoms with Gasteiger partial charge in [0, 0.05) is 69.3 Å². The summed E-state index contributed by atoms with van der Waals surface area (Å²) in [7, 11) is 2.18. The SMILES string of the molecule is Cc1ccc(C(=O)N2CCN(c3ccc(N4CCN(C)CC4)cc3)CC2)cc1. The number of benzene rings is 2. The number of anilines is 2. The maximum Gasteiger partial charge on any atom is 0.253 e. The monoisotopic (exact) mass is 378 g/mol. The van der Waals surface area contributed by atoms with E-state index in [-0.39, 0.29) is 5.91 Å². The van der Waals surface area contributed by atoms with E-state index in [2.05, 4.69) is 46.0 Å². The van der Waals surface area contributed by atoms with Crippen molar-refractivity contribution in [1.82, 2.24) is 9.80 Å². The third-order valence-electron chi connectivity index (χ3n) is 5.95. The highest BCUT2D eigenvalue weighted by Gasteiger charge is 2.22. The fourth-order valence-corrected chi connectivity index (χ4v) is 3.99. The molecule has 2 aliphatic rings. The van der Waals surface area contributed by atoms with Gasteiger partial charge in [0.25, 0.3) is 5.91 Å². The van der Waals surface area contributed by atoms with Crippen molar-refractivity contribution >= 4 is 17.3 Å². The number of carbonyl (C=O) groups is 1. The Hall–Kier alpha value is -2.53. The Balaban J connectivity index is 1.33. The zero-order valence-corrected chi connectivity index (χ0v) is 17.0. The van der Waals surface area contributed by atoms with Crippen LogP contribution in [0.4, 0.5) is 11.4 Å².